The van der Waals surface area contributed by atoms with Crippen LogP contribution in [0.4, 0.5) is 4.79 Å². The number of aryl methyl sites for hydroxylation is 1. The van der Waals surface area contributed by atoms with E-state index in [-0.39, 0.29) is 23.6 Å². The lowest BCUT2D eigenvalue weighted by Gasteiger charge is -2.21. The number of nitrogens with one attached hydrogen (secondary N) is 1. The summed E-state index contributed by atoms with van der Waals surface area (Å²) in [6.07, 6.45) is 4.68. The maximum atomic E-state index is 12.7. The number of nitrogens with zero attached hydrogens (tertiary/aromatic N) is 2. The van der Waals surface area contributed by atoms with Crippen LogP contribution in [0.25, 0.3) is 16.7 Å². The quantitative estimate of drug-likeness (QED) is 0.367. The molecule has 1 aliphatic carbocycles. The molecule has 2 aromatic heterocycles. The van der Waals surface area contributed by atoms with Crippen molar-refractivity contribution in [2.45, 2.75) is 58.4 Å². The molecule has 1 N–H and O–H groups in total. The third kappa shape index (κ3) is 7.40. The number of halogens is 1. The minimum Gasteiger partial charge on any atom is -0.444 e. The normalized spacial score (nSPS) is 13.2. The van der Waals surface area contributed by atoms with Crippen LogP contribution in [0, 0.1) is 0 Å². The van der Waals surface area contributed by atoms with Crippen LogP contribution in [-0.2, 0) is 33.9 Å². The molecule has 2 heterocycles. The SMILES string of the molecule is CCS(=O)(=O)Cc1cc(-c2cn(C)c(=O)cc2CNC(=O)OC(C)(C)C)c(C(=C2CC2)c2ccc(Cl)cc2)cn1. The lowest BCUT2D eigenvalue weighted by atomic mass is 9.89. The molecule has 10 heteroatoms. The summed E-state index contributed by atoms with van der Waals surface area (Å²) < 4.78 is 31.8. The molecule has 0 unspecified atom stereocenters. The fourth-order valence-corrected chi connectivity index (χ4v) is 5.28. The van der Waals surface area contributed by atoms with Crippen LogP contribution in [0.15, 0.2) is 59.2 Å². The van der Waals surface area contributed by atoms with Gasteiger partial charge in [-0.2, -0.15) is 0 Å². The number of carbonyl (C=O) groups is 1. The van der Waals surface area contributed by atoms with Crippen LogP contribution in [0.5, 0.6) is 0 Å². The van der Waals surface area contributed by atoms with Crippen LogP contribution < -0.4 is 10.9 Å². The van der Waals surface area contributed by atoms with Crippen LogP contribution in [0.1, 0.15) is 62.9 Å². The molecule has 1 aliphatic rings. The van der Waals surface area contributed by atoms with E-state index in [1.165, 1.54) is 16.2 Å². The number of rotatable bonds is 8. The van der Waals surface area contributed by atoms with E-state index in [1.807, 2.05) is 24.3 Å². The molecule has 1 aromatic carbocycles. The second-order valence-electron chi connectivity index (χ2n) is 10.9. The predicted molar refractivity (Wildman–Crippen MR) is 158 cm³/mol. The second kappa shape index (κ2) is 11.6. The van der Waals surface area contributed by atoms with E-state index in [0.29, 0.717) is 21.8 Å². The zero-order valence-corrected chi connectivity index (χ0v) is 24.9. The molecule has 1 fully saturated rings. The molecule has 40 heavy (non-hydrogen) atoms. The van der Waals surface area contributed by atoms with Crippen molar-refractivity contribution in [1.29, 1.82) is 0 Å². The Bertz CT molecular complexity index is 1630. The summed E-state index contributed by atoms with van der Waals surface area (Å²) in [5.74, 6) is -0.211. The molecule has 0 saturated heterocycles. The number of alkyl carbamates (subject to hydrolysis) is 1. The van der Waals surface area contributed by atoms with E-state index in [2.05, 4.69) is 10.3 Å². The molecule has 0 aliphatic heterocycles. The first-order valence-electron chi connectivity index (χ1n) is 13.1. The van der Waals surface area contributed by atoms with E-state index in [4.69, 9.17) is 16.3 Å². The highest BCUT2D eigenvalue weighted by molar-refractivity contribution is 7.90. The first-order valence-corrected chi connectivity index (χ1v) is 15.3. The fraction of sp³-hybridized carbons (Fsp3) is 0.367. The van der Waals surface area contributed by atoms with Gasteiger partial charge in [0, 0.05) is 54.0 Å². The molecule has 1 amide bonds. The number of amides is 1. The average Bonchev–Trinajstić information content (AvgIpc) is 3.70. The molecular weight excluding hydrogens is 550 g/mol. The molecule has 8 nitrogen and oxygen atoms in total. The summed E-state index contributed by atoms with van der Waals surface area (Å²) in [6, 6.07) is 10.8. The van der Waals surface area contributed by atoms with Crippen LogP contribution in [0.3, 0.4) is 0 Å². The first kappa shape index (κ1) is 29.6. The largest absolute Gasteiger partial charge is 0.444 e. The smallest absolute Gasteiger partial charge is 0.407 e. The van der Waals surface area contributed by atoms with Crippen molar-refractivity contribution < 1.29 is 17.9 Å². The maximum Gasteiger partial charge on any atom is 0.407 e. The molecule has 0 spiro atoms. The zero-order valence-electron chi connectivity index (χ0n) is 23.4. The molecule has 0 radical (unpaired) electrons. The summed E-state index contributed by atoms with van der Waals surface area (Å²) in [4.78, 5) is 29.7. The van der Waals surface area contributed by atoms with Gasteiger partial charge in [-0.1, -0.05) is 36.2 Å². The molecule has 212 valence electrons. The van der Waals surface area contributed by atoms with Gasteiger partial charge in [0.15, 0.2) is 9.84 Å². The number of benzene rings is 1. The van der Waals surface area contributed by atoms with Gasteiger partial charge in [0.2, 0.25) is 0 Å². The Hall–Kier alpha value is -3.43. The zero-order chi connectivity index (χ0) is 29.2. The van der Waals surface area contributed by atoms with E-state index in [9.17, 15) is 18.0 Å². The third-order valence-corrected chi connectivity index (χ3v) is 8.32. The number of allylic oxidation sites excluding steroid dienone is 1. The van der Waals surface area contributed by atoms with Gasteiger partial charge in [-0.05, 0) is 74.1 Å². The van der Waals surface area contributed by atoms with Crippen molar-refractivity contribution in [3.8, 4) is 11.1 Å². The fourth-order valence-electron chi connectivity index (χ4n) is 4.35. The Morgan fingerprint density at radius 1 is 1.12 bits per heavy atom. The summed E-state index contributed by atoms with van der Waals surface area (Å²) >= 11 is 6.17. The minimum absolute atomic E-state index is 0.00324. The van der Waals surface area contributed by atoms with Gasteiger partial charge in [-0.15, -0.1) is 0 Å². The third-order valence-electron chi connectivity index (χ3n) is 6.45. The maximum absolute atomic E-state index is 12.7. The average molecular weight is 584 g/mol. The molecule has 3 aromatic rings. The van der Waals surface area contributed by atoms with Gasteiger partial charge in [-0.25, -0.2) is 13.2 Å². The highest BCUT2D eigenvalue weighted by Crippen LogP contribution is 2.43. The Balaban J connectivity index is 1.90. The number of sulfone groups is 1. The Labute approximate surface area is 240 Å². The van der Waals surface area contributed by atoms with Gasteiger partial charge in [0.25, 0.3) is 5.56 Å². The number of hydrogen-bond donors (Lipinski definition) is 1. The van der Waals surface area contributed by atoms with Crippen molar-refractivity contribution in [1.82, 2.24) is 14.9 Å². The van der Waals surface area contributed by atoms with Crippen molar-refractivity contribution in [3.63, 3.8) is 0 Å². The molecule has 0 atom stereocenters. The standard InChI is InChI=1S/C30H34ClN3O5S/c1-6-40(37,38)18-23-14-24(25(16-32-23)28(19-7-8-19)20-9-11-22(31)12-10-20)26-17-34(5)27(35)13-21(26)15-33-29(36)39-30(2,3)4/h9-14,16-17H,6-8,15,18H2,1-5H3,(H,33,36). The van der Waals surface area contributed by atoms with Gasteiger partial charge in [0.05, 0.1) is 11.4 Å². The van der Waals surface area contributed by atoms with E-state index in [1.54, 1.807) is 53.2 Å². The Morgan fingerprint density at radius 3 is 2.40 bits per heavy atom. The van der Waals surface area contributed by atoms with Gasteiger partial charge in [-0.3, -0.25) is 9.78 Å². The molecular formula is C30H34ClN3O5S. The molecule has 0 bridgehead atoms. The first-order chi connectivity index (χ1) is 18.8. The number of hydrogen-bond acceptors (Lipinski definition) is 6. The number of ether oxygens (including phenoxy) is 1. The van der Waals surface area contributed by atoms with Crippen molar-refractivity contribution >= 4 is 33.1 Å². The van der Waals surface area contributed by atoms with Crippen LogP contribution in [0.2, 0.25) is 5.02 Å². The molecule has 4 rings (SSSR count). The van der Waals surface area contributed by atoms with E-state index < -0.39 is 21.5 Å². The Morgan fingerprint density at radius 2 is 1.80 bits per heavy atom. The molecule has 1 saturated carbocycles. The van der Waals surface area contributed by atoms with E-state index in [0.717, 1.165) is 35.1 Å². The van der Waals surface area contributed by atoms with Crippen LogP contribution in [-0.4, -0.2) is 35.4 Å². The minimum atomic E-state index is -3.35. The highest BCUT2D eigenvalue weighted by atomic mass is 35.5. The van der Waals surface area contributed by atoms with Crippen molar-refractivity contribution in [2.24, 2.45) is 7.05 Å². The summed E-state index contributed by atoms with van der Waals surface area (Å²) in [7, 11) is -1.69. The second-order valence-corrected chi connectivity index (χ2v) is 13.7. The van der Waals surface area contributed by atoms with Gasteiger partial charge in [0.1, 0.15) is 5.60 Å². The monoisotopic (exact) mass is 583 g/mol. The number of pyridine rings is 2. The summed E-state index contributed by atoms with van der Waals surface area (Å²) in [6.45, 7) is 6.96. The van der Waals surface area contributed by atoms with E-state index >= 15 is 0 Å². The highest BCUT2D eigenvalue weighted by Gasteiger charge is 2.25. The number of carbonyl (C=O) groups excluding carboxylic acids is 1. The topological polar surface area (TPSA) is 107 Å². The lowest BCUT2D eigenvalue weighted by Crippen LogP contribution is -2.32. The lowest BCUT2D eigenvalue weighted by molar-refractivity contribution is 0.0523. The Kier molecular flexibility index (Phi) is 8.56. The van der Waals surface area contributed by atoms with Crippen molar-refractivity contribution in [3.05, 3.63) is 92.1 Å². The van der Waals surface area contributed by atoms with Gasteiger partial charge < -0.3 is 14.6 Å². The number of aromatic nitrogens is 2. The van der Waals surface area contributed by atoms with Crippen molar-refractivity contribution in [2.75, 3.05) is 5.75 Å². The summed E-state index contributed by atoms with van der Waals surface area (Å²) in [5.41, 5.74) is 5.47. The van der Waals surface area contributed by atoms with Crippen LogP contribution >= 0.6 is 11.6 Å². The predicted octanol–water partition coefficient (Wildman–Crippen LogP) is 5.66. The van der Waals surface area contributed by atoms with Gasteiger partial charge >= 0.3 is 6.09 Å². The summed E-state index contributed by atoms with van der Waals surface area (Å²) in [5, 5.41) is 3.37.